The Kier molecular flexibility index (Phi) is 8.23. The van der Waals surface area contributed by atoms with E-state index in [0.29, 0.717) is 24.2 Å². The number of rotatable bonds is 5. The number of halogens is 1. The van der Waals surface area contributed by atoms with Gasteiger partial charge < -0.3 is 15.4 Å². The van der Waals surface area contributed by atoms with Crippen molar-refractivity contribution in [3.8, 4) is 0 Å². The summed E-state index contributed by atoms with van der Waals surface area (Å²) in [5.74, 6) is 0.942. The zero-order valence-electron chi connectivity index (χ0n) is 16.2. The molecule has 3 aliphatic rings. The van der Waals surface area contributed by atoms with E-state index in [0.717, 1.165) is 44.8 Å². The predicted octanol–water partition coefficient (Wildman–Crippen LogP) is 1.50. The lowest BCUT2D eigenvalue weighted by molar-refractivity contribution is -0.0174. The third kappa shape index (κ3) is 5.68. The van der Waals surface area contributed by atoms with Crippen molar-refractivity contribution in [2.45, 2.75) is 70.2 Å². The van der Waals surface area contributed by atoms with Crippen LogP contribution in [0.2, 0.25) is 0 Å². The summed E-state index contributed by atoms with van der Waals surface area (Å²) in [6.45, 7) is 11.7. The van der Waals surface area contributed by atoms with Crippen LogP contribution in [-0.2, 0) is 4.74 Å². The van der Waals surface area contributed by atoms with E-state index in [-0.39, 0.29) is 24.0 Å². The van der Waals surface area contributed by atoms with E-state index in [4.69, 9.17) is 4.74 Å². The number of hydrogen-bond acceptors (Lipinski definition) is 4. The smallest absolute Gasteiger partial charge is 0.191 e. The molecule has 3 fully saturated rings. The summed E-state index contributed by atoms with van der Waals surface area (Å²) in [7, 11) is 1.87. The van der Waals surface area contributed by atoms with E-state index in [1.165, 1.54) is 19.3 Å². The molecular formula is C18H36IN5O. The molecule has 0 bridgehead atoms. The first-order valence-corrected chi connectivity index (χ1v) is 9.65. The van der Waals surface area contributed by atoms with E-state index in [1.54, 1.807) is 0 Å². The van der Waals surface area contributed by atoms with Gasteiger partial charge in [0.25, 0.3) is 0 Å². The van der Waals surface area contributed by atoms with E-state index in [1.807, 2.05) is 7.05 Å². The summed E-state index contributed by atoms with van der Waals surface area (Å²) in [6, 6.07) is 3.04. The molecular weight excluding hydrogens is 429 g/mol. The molecule has 2 N–H and O–H groups in total. The SMILES string of the molecule is CN=C(NCC(C)N1CCOCC1C)NC1CC(C)N(C2CC2)C1.I. The number of ether oxygens (including phenoxy) is 1. The molecule has 25 heavy (non-hydrogen) atoms. The quantitative estimate of drug-likeness (QED) is 0.366. The first-order chi connectivity index (χ1) is 11.6. The van der Waals surface area contributed by atoms with E-state index >= 15 is 0 Å². The summed E-state index contributed by atoms with van der Waals surface area (Å²) in [5.41, 5.74) is 0. The van der Waals surface area contributed by atoms with Crippen LogP contribution in [0.25, 0.3) is 0 Å². The number of likely N-dealkylation sites (tertiary alicyclic amines) is 1. The van der Waals surface area contributed by atoms with Crippen molar-refractivity contribution in [2.24, 2.45) is 4.99 Å². The van der Waals surface area contributed by atoms with Gasteiger partial charge in [-0.3, -0.25) is 14.8 Å². The lowest BCUT2D eigenvalue weighted by Crippen LogP contribution is -2.53. The van der Waals surface area contributed by atoms with Crippen LogP contribution in [0.5, 0.6) is 0 Å². The summed E-state index contributed by atoms with van der Waals surface area (Å²) in [6.07, 6.45) is 3.99. The molecule has 2 aliphatic heterocycles. The van der Waals surface area contributed by atoms with Crippen LogP contribution in [0.3, 0.4) is 0 Å². The van der Waals surface area contributed by atoms with Gasteiger partial charge in [0.2, 0.25) is 0 Å². The molecule has 2 heterocycles. The van der Waals surface area contributed by atoms with Crippen molar-refractivity contribution in [3.05, 3.63) is 0 Å². The highest BCUT2D eigenvalue weighted by atomic mass is 127. The molecule has 2 saturated heterocycles. The van der Waals surface area contributed by atoms with Crippen LogP contribution >= 0.6 is 24.0 Å². The standard InChI is InChI=1S/C18H35N5O.HI/c1-13-9-16(11-23(13)17-5-6-17)21-18(19-4)20-10-14(2)22-7-8-24-12-15(22)3;/h13-17H,5-12H2,1-4H3,(H2,19,20,21);1H. The highest BCUT2D eigenvalue weighted by Crippen LogP contribution is 2.33. The number of hydrogen-bond donors (Lipinski definition) is 2. The van der Waals surface area contributed by atoms with Crippen molar-refractivity contribution in [1.29, 1.82) is 0 Å². The van der Waals surface area contributed by atoms with Crippen LogP contribution in [0.1, 0.15) is 40.0 Å². The number of aliphatic imine (C=N–C) groups is 1. The Morgan fingerprint density at radius 2 is 2.04 bits per heavy atom. The van der Waals surface area contributed by atoms with E-state index in [2.05, 4.69) is 46.2 Å². The van der Waals surface area contributed by atoms with Gasteiger partial charge in [-0.25, -0.2) is 0 Å². The first-order valence-electron chi connectivity index (χ1n) is 9.65. The van der Waals surface area contributed by atoms with Gasteiger partial charge in [0.1, 0.15) is 0 Å². The highest BCUT2D eigenvalue weighted by Gasteiger charge is 2.38. The molecule has 0 aromatic rings. The topological polar surface area (TPSA) is 52.1 Å². The molecule has 146 valence electrons. The predicted molar refractivity (Wildman–Crippen MR) is 114 cm³/mol. The van der Waals surface area contributed by atoms with Gasteiger partial charge in [-0.15, -0.1) is 24.0 Å². The summed E-state index contributed by atoms with van der Waals surface area (Å²) in [4.78, 5) is 9.62. The maximum Gasteiger partial charge on any atom is 0.191 e. The Balaban J connectivity index is 0.00000225. The fraction of sp³-hybridized carbons (Fsp3) is 0.944. The summed E-state index contributed by atoms with van der Waals surface area (Å²) < 4.78 is 5.54. The third-order valence-corrected chi connectivity index (χ3v) is 5.75. The van der Waals surface area contributed by atoms with Gasteiger partial charge in [-0.05, 0) is 40.0 Å². The zero-order valence-corrected chi connectivity index (χ0v) is 18.5. The van der Waals surface area contributed by atoms with Crippen molar-refractivity contribution < 1.29 is 4.74 Å². The second-order valence-corrected chi connectivity index (χ2v) is 7.82. The Labute approximate surface area is 170 Å². The van der Waals surface area contributed by atoms with Gasteiger partial charge in [0, 0.05) is 56.9 Å². The minimum atomic E-state index is 0. The van der Waals surface area contributed by atoms with Gasteiger partial charge in [-0.1, -0.05) is 0 Å². The molecule has 7 heteroatoms. The molecule has 4 unspecified atom stereocenters. The Morgan fingerprint density at radius 1 is 1.28 bits per heavy atom. The Bertz CT molecular complexity index is 445. The molecule has 0 amide bonds. The third-order valence-electron chi connectivity index (χ3n) is 5.75. The van der Waals surface area contributed by atoms with Gasteiger partial charge in [0.15, 0.2) is 5.96 Å². The summed E-state index contributed by atoms with van der Waals surface area (Å²) in [5, 5.41) is 7.16. The maximum atomic E-state index is 5.54. The lowest BCUT2D eigenvalue weighted by atomic mass is 10.2. The van der Waals surface area contributed by atoms with Crippen molar-refractivity contribution in [3.63, 3.8) is 0 Å². The summed E-state index contributed by atoms with van der Waals surface area (Å²) >= 11 is 0. The van der Waals surface area contributed by atoms with Crippen LogP contribution in [0, 0.1) is 0 Å². The van der Waals surface area contributed by atoms with Crippen molar-refractivity contribution >= 4 is 29.9 Å². The average Bonchev–Trinajstić information content (AvgIpc) is 3.35. The highest BCUT2D eigenvalue weighted by molar-refractivity contribution is 14.0. The van der Waals surface area contributed by atoms with Gasteiger partial charge in [-0.2, -0.15) is 0 Å². The second kappa shape index (κ2) is 9.71. The van der Waals surface area contributed by atoms with Gasteiger partial charge >= 0.3 is 0 Å². The van der Waals surface area contributed by atoms with Crippen molar-refractivity contribution in [2.75, 3.05) is 39.9 Å². The van der Waals surface area contributed by atoms with Crippen LogP contribution in [0.4, 0.5) is 0 Å². The van der Waals surface area contributed by atoms with Gasteiger partial charge in [0.05, 0.1) is 13.2 Å². The zero-order chi connectivity index (χ0) is 17.1. The molecule has 0 radical (unpaired) electrons. The van der Waals surface area contributed by atoms with Crippen LogP contribution in [0.15, 0.2) is 4.99 Å². The van der Waals surface area contributed by atoms with E-state index < -0.39 is 0 Å². The molecule has 4 atom stereocenters. The molecule has 0 aromatic heterocycles. The number of nitrogens with zero attached hydrogens (tertiary/aromatic N) is 3. The fourth-order valence-corrected chi connectivity index (χ4v) is 4.22. The molecule has 1 aliphatic carbocycles. The monoisotopic (exact) mass is 465 g/mol. The maximum absolute atomic E-state index is 5.54. The molecule has 6 nitrogen and oxygen atoms in total. The minimum Gasteiger partial charge on any atom is -0.379 e. The molecule has 1 saturated carbocycles. The van der Waals surface area contributed by atoms with E-state index in [9.17, 15) is 0 Å². The first kappa shape index (κ1) is 21.2. The Morgan fingerprint density at radius 3 is 2.68 bits per heavy atom. The Hall–Kier alpha value is -0.120. The fourth-order valence-electron chi connectivity index (χ4n) is 4.22. The molecule has 0 aromatic carbocycles. The number of nitrogens with one attached hydrogen (secondary N) is 2. The second-order valence-electron chi connectivity index (χ2n) is 7.82. The average molecular weight is 465 g/mol. The largest absolute Gasteiger partial charge is 0.379 e. The van der Waals surface area contributed by atoms with Crippen LogP contribution in [-0.4, -0.2) is 85.9 Å². The molecule has 3 rings (SSSR count). The molecule has 0 spiro atoms. The lowest BCUT2D eigenvalue weighted by Gasteiger charge is -2.38. The minimum absolute atomic E-state index is 0. The number of guanidine groups is 1. The van der Waals surface area contributed by atoms with Crippen LogP contribution < -0.4 is 10.6 Å². The normalized spacial score (nSPS) is 33.0. The van der Waals surface area contributed by atoms with Crippen molar-refractivity contribution in [1.82, 2.24) is 20.4 Å². The number of morpholine rings is 1.